The van der Waals surface area contributed by atoms with Gasteiger partial charge in [-0.3, -0.25) is 0 Å². The lowest BCUT2D eigenvalue weighted by molar-refractivity contribution is -0.266. The monoisotopic (exact) mass is 351 g/mol. The van der Waals surface area contributed by atoms with Crippen LogP contribution in [0.3, 0.4) is 0 Å². The average Bonchev–Trinajstić information content (AvgIpc) is 2.61. The van der Waals surface area contributed by atoms with Crippen molar-refractivity contribution in [3.63, 3.8) is 0 Å². The summed E-state index contributed by atoms with van der Waals surface area (Å²) in [7, 11) is 0. The van der Waals surface area contributed by atoms with Gasteiger partial charge in [0.25, 0.3) is 0 Å². The third kappa shape index (κ3) is 4.07. The maximum Gasteiger partial charge on any atom is 0.417 e. The van der Waals surface area contributed by atoms with Crippen molar-refractivity contribution in [3.05, 3.63) is 60.2 Å². The minimum atomic E-state index is -4.58. The van der Waals surface area contributed by atoms with Crippen molar-refractivity contribution in [1.82, 2.24) is 0 Å². The molecular weight excluding hydrogens is 331 g/mol. The van der Waals surface area contributed by atoms with E-state index in [1.165, 1.54) is 0 Å². The molecule has 3 rings (SSSR count). The highest BCUT2D eigenvalue weighted by atomic mass is 19.4. The van der Waals surface area contributed by atoms with Crippen molar-refractivity contribution in [2.24, 2.45) is 0 Å². The highest BCUT2D eigenvalue weighted by molar-refractivity contribution is 5.49. The zero-order valence-corrected chi connectivity index (χ0v) is 13.7. The lowest BCUT2D eigenvalue weighted by Gasteiger charge is -2.40. The van der Waals surface area contributed by atoms with E-state index in [1.54, 1.807) is 0 Å². The van der Waals surface area contributed by atoms with Gasteiger partial charge in [0.2, 0.25) is 0 Å². The Morgan fingerprint density at radius 3 is 2.12 bits per heavy atom. The smallest absolute Gasteiger partial charge is 0.417 e. The van der Waals surface area contributed by atoms with Crippen molar-refractivity contribution >= 4 is 5.69 Å². The van der Waals surface area contributed by atoms with E-state index >= 15 is 0 Å². The molecule has 0 bridgehead atoms. The van der Waals surface area contributed by atoms with E-state index in [-0.39, 0.29) is 25.9 Å². The Hall–Kier alpha value is -2.21. The summed E-state index contributed by atoms with van der Waals surface area (Å²) < 4.78 is 44.2. The van der Waals surface area contributed by atoms with E-state index in [9.17, 15) is 18.3 Å². The van der Waals surface area contributed by atoms with Gasteiger partial charge in [-0.15, -0.1) is 0 Å². The maximum atomic E-state index is 12.8. The van der Waals surface area contributed by atoms with Gasteiger partial charge >= 0.3 is 6.18 Å². The Labute approximate surface area is 144 Å². The van der Waals surface area contributed by atoms with Crippen molar-refractivity contribution < 1.29 is 23.0 Å². The minimum Gasteiger partial charge on any atom is -0.489 e. The summed E-state index contributed by atoms with van der Waals surface area (Å²) in [4.78, 5) is 1.85. The predicted octanol–water partition coefficient (Wildman–Crippen LogP) is 4.16. The van der Waals surface area contributed by atoms with Crippen LogP contribution in [0.1, 0.15) is 18.4 Å². The quantitative estimate of drug-likeness (QED) is 0.898. The average molecular weight is 351 g/mol. The molecule has 0 atom stereocenters. The number of hydrogen-bond donors (Lipinski definition) is 1. The molecule has 1 saturated heterocycles. The first-order chi connectivity index (χ1) is 11.9. The van der Waals surface area contributed by atoms with E-state index < -0.39 is 11.8 Å². The fourth-order valence-electron chi connectivity index (χ4n) is 2.91. The van der Waals surface area contributed by atoms with E-state index in [4.69, 9.17) is 4.74 Å². The van der Waals surface area contributed by atoms with Crippen molar-refractivity contribution in [2.45, 2.75) is 31.2 Å². The van der Waals surface area contributed by atoms with Gasteiger partial charge in [-0.2, -0.15) is 13.2 Å². The van der Waals surface area contributed by atoms with Gasteiger partial charge in [-0.25, -0.2) is 0 Å². The van der Waals surface area contributed by atoms with Gasteiger partial charge < -0.3 is 14.7 Å². The Kier molecular flexibility index (Phi) is 4.90. The van der Waals surface area contributed by atoms with Crippen LogP contribution in [0, 0.1) is 0 Å². The predicted molar refractivity (Wildman–Crippen MR) is 89.7 cm³/mol. The molecule has 1 fully saturated rings. The van der Waals surface area contributed by atoms with E-state index in [0.29, 0.717) is 12.4 Å². The second kappa shape index (κ2) is 6.96. The fraction of sp³-hybridized carbons (Fsp3) is 0.368. The number of ether oxygens (including phenoxy) is 1. The molecule has 0 radical (unpaired) electrons. The number of aliphatic hydroxyl groups is 1. The van der Waals surface area contributed by atoms with Crippen LogP contribution in [0.2, 0.25) is 0 Å². The molecule has 0 saturated carbocycles. The van der Waals surface area contributed by atoms with Gasteiger partial charge in [-0.05, 0) is 29.8 Å². The van der Waals surface area contributed by atoms with Crippen molar-refractivity contribution in [2.75, 3.05) is 18.0 Å². The molecule has 6 heteroatoms. The highest BCUT2D eigenvalue weighted by Crippen LogP contribution is 2.39. The van der Waals surface area contributed by atoms with Crippen molar-refractivity contribution in [1.29, 1.82) is 0 Å². The molecule has 0 aliphatic carbocycles. The van der Waals surface area contributed by atoms with Crippen LogP contribution in [0.25, 0.3) is 0 Å². The van der Waals surface area contributed by atoms with Gasteiger partial charge in [0, 0.05) is 31.6 Å². The maximum absolute atomic E-state index is 12.8. The molecule has 0 amide bonds. The van der Waals surface area contributed by atoms with E-state index in [1.807, 2.05) is 59.5 Å². The lowest BCUT2D eigenvalue weighted by Crippen LogP contribution is -2.53. The molecule has 2 aromatic carbocycles. The van der Waals surface area contributed by atoms with Crippen LogP contribution in [0.4, 0.5) is 18.9 Å². The Bertz CT molecular complexity index is 678. The minimum absolute atomic E-state index is 0.167. The standard InChI is InChI=1S/C19H20F3NO2/c20-19(21,22)18(24)10-12-23(13-11-18)16-6-8-17(9-7-16)25-14-15-4-2-1-3-5-15/h1-9,24H,10-14H2. The number of benzene rings is 2. The first kappa shape index (κ1) is 17.6. The molecule has 25 heavy (non-hydrogen) atoms. The van der Waals surface area contributed by atoms with Gasteiger partial charge in [0.15, 0.2) is 5.60 Å². The zero-order chi connectivity index (χ0) is 17.9. The first-order valence-corrected chi connectivity index (χ1v) is 8.18. The Morgan fingerprint density at radius 1 is 0.960 bits per heavy atom. The van der Waals surface area contributed by atoms with Crippen LogP contribution >= 0.6 is 0 Å². The summed E-state index contributed by atoms with van der Waals surface area (Å²) in [5, 5.41) is 9.72. The number of alkyl halides is 3. The number of piperidine rings is 1. The molecule has 1 aliphatic rings. The topological polar surface area (TPSA) is 32.7 Å². The lowest BCUT2D eigenvalue weighted by atomic mass is 9.90. The van der Waals surface area contributed by atoms with Crippen LogP contribution in [0.15, 0.2) is 54.6 Å². The third-order valence-electron chi connectivity index (χ3n) is 4.57. The van der Waals surface area contributed by atoms with Crippen LogP contribution in [-0.4, -0.2) is 30.0 Å². The molecule has 2 aromatic rings. The second-order valence-corrected chi connectivity index (χ2v) is 6.28. The van der Waals surface area contributed by atoms with Crippen LogP contribution in [0.5, 0.6) is 5.75 Å². The molecule has 1 heterocycles. The molecule has 0 unspecified atom stereocenters. The molecule has 1 aliphatic heterocycles. The highest BCUT2D eigenvalue weighted by Gasteiger charge is 2.54. The van der Waals surface area contributed by atoms with E-state index in [0.717, 1.165) is 11.3 Å². The number of nitrogens with zero attached hydrogens (tertiary/aromatic N) is 1. The summed E-state index contributed by atoms with van der Waals surface area (Å²) in [6.45, 7) is 0.795. The number of anilines is 1. The van der Waals surface area contributed by atoms with Crippen molar-refractivity contribution in [3.8, 4) is 5.75 Å². The SMILES string of the molecule is OC1(C(F)(F)F)CCN(c2ccc(OCc3ccccc3)cc2)CC1. The van der Waals surface area contributed by atoms with Gasteiger partial charge in [0.1, 0.15) is 12.4 Å². The Morgan fingerprint density at radius 2 is 1.56 bits per heavy atom. The summed E-state index contributed by atoms with van der Waals surface area (Å²) in [6.07, 6.45) is -5.21. The number of rotatable bonds is 4. The summed E-state index contributed by atoms with van der Waals surface area (Å²) in [6, 6.07) is 17.1. The number of halogens is 3. The number of hydrogen-bond acceptors (Lipinski definition) is 3. The van der Waals surface area contributed by atoms with E-state index in [2.05, 4.69) is 0 Å². The fourth-order valence-corrected chi connectivity index (χ4v) is 2.91. The molecule has 1 N–H and O–H groups in total. The summed E-state index contributed by atoms with van der Waals surface area (Å²) >= 11 is 0. The van der Waals surface area contributed by atoms with Crippen LogP contribution in [-0.2, 0) is 6.61 Å². The zero-order valence-electron chi connectivity index (χ0n) is 13.7. The normalized spacial score (nSPS) is 17.4. The van der Waals surface area contributed by atoms with Gasteiger partial charge in [0.05, 0.1) is 0 Å². The molecular formula is C19H20F3NO2. The third-order valence-corrected chi connectivity index (χ3v) is 4.57. The largest absolute Gasteiger partial charge is 0.489 e. The molecule has 0 aromatic heterocycles. The van der Waals surface area contributed by atoms with Gasteiger partial charge in [-0.1, -0.05) is 30.3 Å². The molecule has 0 spiro atoms. The molecule has 134 valence electrons. The Balaban J connectivity index is 1.56. The van der Waals surface area contributed by atoms with Crippen LogP contribution < -0.4 is 9.64 Å². The first-order valence-electron chi connectivity index (χ1n) is 8.18. The summed E-state index contributed by atoms with van der Waals surface area (Å²) in [5.41, 5.74) is -0.673. The molecule has 3 nitrogen and oxygen atoms in total. The second-order valence-electron chi connectivity index (χ2n) is 6.28. The summed E-state index contributed by atoms with van der Waals surface area (Å²) in [5.74, 6) is 0.705.